The Morgan fingerprint density at radius 3 is 2.96 bits per heavy atom. The molecule has 0 bridgehead atoms. The molecule has 0 radical (unpaired) electrons. The van der Waals surface area contributed by atoms with Crippen molar-refractivity contribution < 1.29 is 14.4 Å². The lowest BCUT2D eigenvalue weighted by Gasteiger charge is -2.22. The van der Waals surface area contributed by atoms with Crippen LogP contribution in [0.25, 0.3) is 10.9 Å². The van der Waals surface area contributed by atoms with Crippen LogP contribution in [0.5, 0.6) is 0 Å². The van der Waals surface area contributed by atoms with Gasteiger partial charge in [-0.05, 0) is 38.0 Å². The Balaban J connectivity index is 1.81. The maximum atomic E-state index is 12.2. The molecule has 0 aliphatic carbocycles. The lowest BCUT2D eigenvalue weighted by Crippen LogP contribution is -2.35. The van der Waals surface area contributed by atoms with E-state index < -0.39 is 17.9 Å². The number of aromatic nitrogens is 2. The molecular formula is C16H19N3O5. The van der Waals surface area contributed by atoms with E-state index in [-0.39, 0.29) is 17.7 Å². The first kappa shape index (κ1) is 16.4. The number of benzene rings is 1. The molecular weight excluding hydrogens is 314 g/mol. The number of hydroxylamine groups is 1. The molecule has 2 heterocycles. The van der Waals surface area contributed by atoms with Gasteiger partial charge in [0.25, 0.3) is 11.5 Å². The Morgan fingerprint density at radius 2 is 2.25 bits per heavy atom. The van der Waals surface area contributed by atoms with E-state index in [1.807, 2.05) is 0 Å². The Labute approximate surface area is 137 Å². The highest BCUT2D eigenvalue weighted by Crippen LogP contribution is 2.13. The Bertz CT molecular complexity index is 864. The minimum Gasteiger partial charge on any atom is -0.350 e. The van der Waals surface area contributed by atoms with Crippen LogP contribution in [0.3, 0.4) is 0 Å². The molecule has 1 fully saturated rings. The van der Waals surface area contributed by atoms with E-state index in [9.17, 15) is 14.4 Å². The third-order valence-electron chi connectivity index (χ3n) is 3.98. The third-order valence-corrected chi connectivity index (χ3v) is 3.98. The van der Waals surface area contributed by atoms with E-state index in [2.05, 4.69) is 10.5 Å². The van der Waals surface area contributed by atoms with Crippen molar-refractivity contribution in [2.45, 2.75) is 39.0 Å². The van der Waals surface area contributed by atoms with Gasteiger partial charge in [0.15, 0.2) is 6.29 Å². The zero-order valence-electron chi connectivity index (χ0n) is 13.3. The highest BCUT2D eigenvalue weighted by molar-refractivity contribution is 5.97. The Kier molecular flexibility index (Phi) is 4.77. The van der Waals surface area contributed by atoms with Gasteiger partial charge < -0.3 is 9.72 Å². The largest absolute Gasteiger partial charge is 0.350 e. The quantitative estimate of drug-likeness (QED) is 0.809. The molecule has 2 N–H and O–H groups in total. The fourth-order valence-electron chi connectivity index (χ4n) is 2.67. The van der Waals surface area contributed by atoms with Crippen LogP contribution in [0.1, 0.15) is 36.5 Å². The predicted molar refractivity (Wildman–Crippen MR) is 86.6 cm³/mol. The van der Waals surface area contributed by atoms with Crippen LogP contribution in [0, 0.1) is 0 Å². The molecule has 1 saturated heterocycles. The molecule has 3 rings (SSSR count). The molecule has 1 aromatic carbocycles. The number of nitrogens with one attached hydrogen (secondary N) is 2. The van der Waals surface area contributed by atoms with Crippen LogP contribution < -0.4 is 16.7 Å². The van der Waals surface area contributed by atoms with Crippen molar-refractivity contribution in [2.24, 2.45) is 0 Å². The smallest absolute Gasteiger partial charge is 0.328 e. The van der Waals surface area contributed by atoms with E-state index in [1.54, 1.807) is 6.92 Å². The minimum absolute atomic E-state index is 0.279. The van der Waals surface area contributed by atoms with Gasteiger partial charge in [-0.25, -0.2) is 15.1 Å². The SMILES string of the molecule is CCn1c(=O)[nH]c2cc(C(=O)NO[C@H]3CCCCO3)ccc2c1=O. The lowest BCUT2D eigenvalue weighted by atomic mass is 10.1. The number of nitrogens with zero attached hydrogens (tertiary/aromatic N) is 1. The first-order valence-corrected chi connectivity index (χ1v) is 7.94. The molecule has 1 aromatic heterocycles. The van der Waals surface area contributed by atoms with Gasteiger partial charge in [0.2, 0.25) is 0 Å². The molecule has 0 spiro atoms. The summed E-state index contributed by atoms with van der Waals surface area (Å²) >= 11 is 0. The highest BCUT2D eigenvalue weighted by atomic mass is 16.8. The van der Waals surface area contributed by atoms with E-state index in [0.717, 1.165) is 23.8 Å². The number of hydrogen-bond donors (Lipinski definition) is 2. The number of carbonyl (C=O) groups is 1. The number of rotatable bonds is 4. The third kappa shape index (κ3) is 3.24. The molecule has 1 aliphatic heterocycles. The molecule has 0 unspecified atom stereocenters. The molecule has 1 aliphatic rings. The maximum Gasteiger partial charge on any atom is 0.328 e. The van der Waals surface area contributed by atoms with Crippen LogP contribution >= 0.6 is 0 Å². The van der Waals surface area contributed by atoms with Crippen molar-refractivity contribution in [1.29, 1.82) is 0 Å². The van der Waals surface area contributed by atoms with Gasteiger partial charge in [-0.1, -0.05) is 0 Å². The van der Waals surface area contributed by atoms with Gasteiger partial charge in [0, 0.05) is 25.1 Å². The molecule has 8 nitrogen and oxygen atoms in total. The van der Waals surface area contributed by atoms with Gasteiger partial charge >= 0.3 is 5.69 Å². The summed E-state index contributed by atoms with van der Waals surface area (Å²) in [6.45, 7) is 2.61. The number of hydrogen-bond acceptors (Lipinski definition) is 5. The van der Waals surface area contributed by atoms with Gasteiger partial charge in [0.05, 0.1) is 10.9 Å². The second-order valence-corrected chi connectivity index (χ2v) is 5.59. The first-order chi connectivity index (χ1) is 11.6. The van der Waals surface area contributed by atoms with Gasteiger partial charge in [-0.15, -0.1) is 0 Å². The second kappa shape index (κ2) is 6.98. The number of fused-ring (bicyclic) bond motifs is 1. The summed E-state index contributed by atoms with van der Waals surface area (Å²) in [6, 6.07) is 4.49. The molecule has 128 valence electrons. The first-order valence-electron chi connectivity index (χ1n) is 7.94. The van der Waals surface area contributed by atoms with Crippen molar-refractivity contribution >= 4 is 16.8 Å². The zero-order chi connectivity index (χ0) is 17.1. The zero-order valence-corrected chi connectivity index (χ0v) is 13.3. The number of carbonyl (C=O) groups excluding carboxylic acids is 1. The van der Waals surface area contributed by atoms with Crippen LogP contribution in [0.2, 0.25) is 0 Å². The van der Waals surface area contributed by atoms with Crippen LogP contribution in [-0.4, -0.2) is 28.4 Å². The molecule has 1 amide bonds. The van der Waals surface area contributed by atoms with E-state index in [1.165, 1.54) is 18.2 Å². The maximum absolute atomic E-state index is 12.2. The van der Waals surface area contributed by atoms with Crippen LogP contribution in [0.15, 0.2) is 27.8 Å². The standard InChI is InChI=1S/C16H19N3O5/c1-2-19-15(21)11-7-6-10(9-12(11)17-16(19)22)14(20)18-24-13-5-3-4-8-23-13/h6-7,9,13H,2-5,8H2,1H3,(H,17,22)(H,18,20)/t13-/m0/s1. The predicted octanol–water partition coefficient (Wildman–Crippen LogP) is 0.898. The van der Waals surface area contributed by atoms with E-state index in [0.29, 0.717) is 17.5 Å². The summed E-state index contributed by atoms with van der Waals surface area (Å²) in [5, 5.41) is 0.351. The normalized spacial score (nSPS) is 17.8. The van der Waals surface area contributed by atoms with Crippen LogP contribution in [0.4, 0.5) is 0 Å². The molecule has 1 atom stereocenters. The van der Waals surface area contributed by atoms with Crippen molar-refractivity contribution in [3.8, 4) is 0 Å². The van der Waals surface area contributed by atoms with Gasteiger partial charge in [-0.2, -0.15) is 0 Å². The van der Waals surface area contributed by atoms with Crippen molar-refractivity contribution in [3.63, 3.8) is 0 Å². The average Bonchev–Trinajstić information content (AvgIpc) is 2.60. The lowest BCUT2D eigenvalue weighted by molar-refractivity contribution is -0.186. The summed E-state index contributed by atoms with van der Waals surface area (Å²) < 4.78 is 6.47. The number of aromatic amines is 1. The Morgan fingerprint density at radius 1 is 1.42 bits per heavy atom. The summed E-state index contributed by atoms with van der Waals surface area (Å²) in [6.07, 6.45) is 2.25. The molecule has 0 saturated carbocycles. The number of amides is 1. The van der Waals surface area contributed by atoms with Crippen molar-refractivity contribution in [1.82, 2.24) is 15.0 Å². The number of ether oxygens (including phenoxy) is 1. The van der Waals surface area contributed by atoms with E-state index in [4.69, 9.17) is 9.57 Å². The Hall–Kier alpha value is -2.45. The topological polar surface area (TPSA) is 102 Å². The van der Waals surface area contributed by atoms with Gasteiger partial charge in [0.1, 0.15) is 0 Å². The summed E-state index contributed by atoms with van der Waals surface area (Å²) in [5.74, 6) is -0.466. The van der Waals surface area contributed by atoms with Crippen molar-refractivity contribution in [3.05, 3.63) is 44.6 Å². The molecule has 24 heavy (non-hydrogen) atoms. The summed E-state index contributed by atoms with van der Waals surface area (Å²) in [5.41, 5.74) is 2.06. The minimum atomic E-state index is -0.501. The van der Waals surface area contributed by atoms with Gasteiger partial charge in [-0.3, -0.25) is 14.2 Å². The second-order valence-electron chi connectivity index (χ2n) is 5.59. The highest BCUT2D eigenvalue weighted by Gasteiger charge is 2.17. The fourth-order valence-corrected chi connectivity index (χ4v) is 2.67. The van der Waals surface area contributed by atoms with Crippen LogP contribution in [-0.2, 0) is 16.1 Å². The molecule has 2 aromatic rings. The number of H-pyrrole nitrogens is 1. The summed E-state index contributed by atoms with van der Waals surface area (Å²) in [7, 11) is 0. The summed E-state index contributed by atoms with van der Waals surface area (Å²) in [4.78, 5) is 44.1. The van der Waals surface area contributed by atoms with E-state index >= 15 is 0 Å². The molecule has 8 heteroatoms. The fraction of sp³-hybridized carbons (Fsp3) is 0.438. The van der Waals surface area contributed by atoms with Crippen molar-refractivity contribution in [2.75, 3.05) is 6.61 Å². The monoisotopic (exact) mass is 333 g/mol. The average molecular weight is 333 g/mol.